The van der Waals surface area contributed by atoms with Crippen LogP contribution in [0.5, 0.6) is 11.5 Å². The van der Waals surface area contributed by atoms with Crippen LogP contribution in [-0.4, -0.2) is 26.4 Å². The highest BCUT2D eigenvalue weighted by molar-refractivity contribution is 6.90. The molecule has 0 unspecified atom stereocenters. The molecule has 20 heavy (non-hydrogen) atoms. The highest BCUT2D eigenvalue weighted by atomic mass is 28.3. The van der Waals surface area contributed by atoms with Crippen LogP contribution >= 0.6 is 0 Å². The zero-order chi connectivity index (χ0) is 15.9. The molecule has 0 aliphatic carbocycles. The van der Waals surface area contributed by atoms with Crippen LogP contribution in [0.25, 0.3) is 0 Å². The van der Waals surface area contributed by atoms with Gasteiger partial charge in [-0.1, -0.05) is 45.2 Å². The third-order valence-electron chi connectivity index (χ3n) is 3.31. The lowest BCUT2D eigenvalue weighted by Gasteiger charge is -2.24. The molecule has 0 aromatic heterocycles. The van der Waals surface area contributed by atoms with Crippen LogP contribution in [0.4, 0.5) is 0 Å². The number of rotatable bonds is 1. The summed E-state index contributed by atoms with van der Waals surface area (Å²) in [6.45, 7) is 16.7. The van der Waals surface area contributed by atoms with Crippen LogP contribution in [0.3, 0.4) is 0 Å². The van der Waals surface area contributed by atoms with Crippen LogP contribution in [-0.2, 0) is 0 Å². The molecule has 0 fully saturated rings. The summed E-state index contributed by atoms with van der Waals surface area (Å²) >= 11 is 0. The van der Waals surface area contributed by atoms with Crippen molar-refractivity contribution in [1.29, 1.82) is 0 Å². The van der Waals surface area contributed by atoms with E-state index in [4.69, 9.17) is 0 Å². The Hall–Kier alpha value is -1.19. The second-order valence-electron chi connectivity index (χ2n) is 7.45. The number of hydrogen-bond donors (Lipinski definition) is 2. The molecule has 110 valence electrons. The third kappa shape index (κ3) is 3.47. The molecule has 0 saturated heterocycles. The topological polar surface area (TPSA) is 40.5 Å². The Bertz CT molecular complexity index is 594. The molecule has 0 atom stereocenters. The van der Waals surface area contributed by atoms with Crippen LogP contribution in [0, 0.1) is 25.3 Å². The molecule has 0 spiro atoms. The minimum Gasteiger partial charge on any atom is -0.508 e. The lowest BCUT2D eigenvalue weighted by Crippen LogP contribution is -2.40. The summed E-state index contributed by atoms with van der Waals surface area (Å²) in [5.41, 5.74) is 5.44. The SMILES string of the molecule is Cc1c(C)c(O)c([Si](C)(C)C)c(C#C[Si](C)(C)C)c1O. The molecule has 0 amide bonds. The lowest BCUT2D eigenvalue weighted by molar-refractivity contribution is 0.455. The minimum atomic E-state index is -1.80. The predicted molar refractivity (Wildman–Crippen MR) is 92.4 cm³/mol. The Labute approximate surface area is 124 Å². The van der Waals surface area contributed by atoms with Crippen molar-refractivity contribution in [2.24, 2.45) is 0 Å². The first kappa shape index (κ1) is 16.9. The smallest absolute Gasteiger partial charge is 0.134 e. The van der Waals surface area contributed by atoms with Gasteiger partial charge in [0.1, 0.15) is 19.6 Å². The van der Waals surface area contributed by atoms with E-state index in [-0.39, 0.29) is 5.75 Å². The van der Waals surface area contributed by atoms with Gasteiger partial charge in [0.05, 0.1) is 13.6 Å². The van der Waals surface area contributed by atoms with E-state index in [9.17, 15) is 10.2 Å². The van der Waals surface area contributed by atoms with Gasteiger partial charge in [-0.3, -0.25) is 0 Å². The summed E-state index contributed by atoms with van der Waals surface area (Å²) in [6.07, 6.45) is 0. The van der Waals surface area contributed by atoms with E-state index in [1.165, 1.54) is 0 Å². The van der Waals surface area contributed by atoms with Crippen molar-refractivity contribution >= 4 is 21.3 Å². The van der Waals surface area contributed by atoms with Gasteiger partial charge in [-0.2, -0.15) is 0 Å². The fourth-order valence-electron chi connectivity index (χ4n) is 2.07. The quantitative estimate of drug-likeness (QED) is 0.474. The van der Waals surface area contributed by atoms with Gasteiger partial charge in [0.25, 0.3) is 0 Å². The number of hydrogen-bond acceptors (Lipinski definition) is 2. The van der Waals surface area contributed by atoms with E-state index in [1.807, 2.05) is 13.8 Å². The van der Waals surface area contributed by atoms with E-state index in [0.29, 0.717) is 11.3 Å². The molecule has 0 aliphatic rings. The molecule has 0 radical (unpaired) electrons. The van der Waals surface area contributed by atoms with Crippen LogP contribution < -0.4 is 5.19 Å². The Balaban J connectivity index is 3.77. The molecule has 0 saturated carbocycles. The molecular weight excluding hydrogens is 280 g/mol. The maximum atomic E-state index is 10.5. The summed E-state index contributed by atoms with van der Waals surface area (Å²) in [6, 6.07) is 0. The molecule has 1 aromatic rings. The third-order valence-corrected chi connectivity index (χ3v) is 6.17. The van der Waals surface area contributed by atoms with Gasteiger partial charge < -0.3 is 10.2 Å². The van der Waals surface area contributed by atoms with Crippen molar-refractivity contribution in [3.8, 4) is 23.0 Å². The fourth-order valence-corrected chi connectivity index (χ4v) is 4.40. The van der Waals surface area contributed by atoms with Crippen molar-refractivity contribution < 1.29 is 10.2 Å². The first-order valence-electron chi connectivity index (χ1n) is 6.95. The molecule has 0 heterocycles. The first-order valence-corrected chi connectivity index (χ1v) is 13.9. The Morgan fingerprint density at radius 2 is 1.25 bits per heavy atom. The van der Waals surface area contributed by atoms with Crippen LogP contribution in [0.2, 0.25) is 39.3 Å². The van der Waals surface area contributed by atoms with Gasteiger partial charge in [0.15, 0.2) is 0 Å². The maximum Gasteiger partial charge on any atom is 0.134 e. The second kappa shape index (κ2) is 5.30. The Kier molecular flexibility index (Phi) is 4.47. The van der Waals surface area contributed by atoms with Crippen molar-refractivity contribution in [3.63, 3.8) is 0 Å². The number of aromatic hydroxyl groups is 2. The minimum absolute atomic E-state index is 0.239. The summed E-state index contributed by atoms with van der Waals surface area (Å²) in [5, 5.41) is 21.9. The largest absolute Gasteiger partial charge is 0.508 e. The van der Waals surface area contributed by atoms with Gasteiger partial charge >= 0.3 is 0 Å². The van der Waals surface area contributed by atoms with E-state index < -0.39 is 16.1 Å². The van der Waals surface area contributed by atoms with Crippen LogP contribution in [0.1, 0.15) is 16.7 Å². The standard InChI is InChI=1S/C16H26O2Si2/c1-11-12(2)15(18)16(20(6,7)8)13(14(11)17)9-10-19(3,4)5/h17-18H,1-8H3. The predicted octanol–water partition coefficient (Wildman–Crippen LogP) is 3.49. The van der Waals surface area contributed by atoms with Gasteiger partial charge in [-0.25, -0.2) is 0 Å². The van der Waals surface area contributed by atoms with E-state index in [1.54, 1.807) is 0 Å². The van der Waals surface area contributed by atoms with Gasteiger partial charge in [-0.15, -0.1) is 5.54 Å². The molecule has 2 N–H and O–H groups in total. The zero-order valence-electron chi connectivity index (χ0n) is 13.9. The average molecular weight is 307 g/mol. The van der Waals surface area contributed by atoms with E-state index >= 15 is 0 Å². The summed E-state index contributed by atoms with van der Waals surface area (Å²) in [7, 11) is -3.33. The Morgan fingerprint density at radius 3 is 1.65 bits per heavy atom. The lowest BCUT2D eigenvalue weighted by atomic mass is 10.0. The number of phenols is 2. The van der Waals surface area contributed by atoms with E-state index in [0.717, 1.165) is 16.3 Å². The average Bonchev–Trinajstić information content (AvgIpc) is 2.26. The summed E-state index contributed by atoms with van der Waals surface area (Å²) in [5.74, 6) is 3.73. The monoisotopic (exact) mass is 306 g/mol. The zero-order valence-corrected chi connectivity index (χ0v) is 15.9. The summed E-state index contributed by atoms with van der Waals surface area (Å²) in [4.78, 5) is 0. The molecule has 0 bridgehead atoms. The number of benzene rings is 1. The number of phenolic OH excluding ortho intramolecular Hbond substituents is 2. The van der Waals surface area contributed by atoms with Crippen molar-refractivity contribution in [2.45, 2.75) is 53.1 Å². The maximum absolute atomic E-state index is 10.5. The van der Waals surface area contributed by atoms with Crippen LogP contribution in [0.15, 0.2) is 0 Å². The van der Waals surface area contributed by atoms with Crippen molar-refractivity contribution in [1.82, 2.24) is 0 Å². The second-order valence-corrected chi connectivity index (χ2v) is 17.2. The van der Waals surface area contributed by atoms with Crippen molar-refractivity contribution in [3.05, 3.63) is 16.7 Å². The fraction of sp³-hybridized carbons (Fsp3) is 0.500. The summed E-state index contributed by atoms with van der Waals surface area (Å²) < 4.78 is 0. The first-order chi connectivity index (χ1) is 8.86. The Morgan fingerprint density at radius 1 is 0.800 bits per heavy atom. The molecule has 0 aliphatic heterocycles. The highest BCUT2D eigenvalue weighted by Gasteiger charge is 2.28. The molecule has 2 nitrogen and oxygen atoms in total. The van der Waals surface area contributed by atoms with Gasteiger partial charge in [-0.05, 0) is 30.2 Å². The highest BCUT2D eigenvalue weighted by Crippen LogP contribution is 2.32. The van der Waals surface area contributed by atoms with Gasteiger partial charge in [0.2, 0.25) is 0 Å². The molecular formula is C16H26O2Si2. The van der Waals surface area contributed by atoms with Crippen molar-refractivity contribution in [2.75, 3.05) is 0 Å². The van der Waals surface area contributed by atoms with E-state index in [2.05, 4.69) is 50.7 Å². The molecule has 1 rings (SSSR count). The molecule has 4 heteroatoms. The molecule has 1 aromatic carbocycles. The van der Waals surface area contributed by atoms with Gasteiger partial charge in [0, 0.05) is 0 Å². The normalized spacial score (nSPS) is 12.0.